The maximum atomic E-state index is 14.2. The van der Waals surface area contributed by atoms with Crippen LogP contribution in [0, 0.1) is 32.1 Å². The fourth-order valence-electron chi connectivity index (χ4n) is 6.36. The molecule has 1 aliphatic heterocycles. The molecule has 6 aromatic rings. The monoisotopic (exact) mass is 531 g/mol. The van der Waals surface area contributed by atoms with Gasteiger partial charge in [-0.25, -0.2) is 4.90 Å². The molecule has 0 saturated carbocycles. The van der Waals surface area contributed by atoms with Crippen LogP contribution in [0.15, 0.2) is 97.1 Å². The third kappa shape index (κ3) is 3.62. The maximum absolute atomic E-state index is 14.2. The van der Waals surface area contributed by atoms with E-state index in [4.69, 9.17) is 0 Å². The van der Waals surface area contributed by atoms with Gasteiger partial charge in [0.15, 0.2) is 0 Å². The number of carbonyl (C=O) groups excluding carboxylic acids is 2. The summed E-state index contributed by atoms with van der Waals surface area (Å²) in [6.07, 6.45) is 0. The van der Waals surface area contributed by atoms with Gasteiger partial charge in [-0.1, -0.05) is 66.2 Å². The Morgan fingerprint density at radius 1 is 0.659 bits per heavy atom. The van der Waals surface area contributed by atoms with Crippen molar-refractivity contribution in [2.45, 2.75) is 20.8 Å². The standard InChI is InChI=1S/C36H25N3O2/c1-21-16-22(2)34(23(3)17-21)39-35(40)29-11-7-13-31(33(29)36(39)41)38-30-12-5-4-10-27(30)28-15-14-26(19-32(28)38)25-9-6-8-24(18-25)20-37/h4-19H,1-3H3. The highest BCUT2D eigenvalue weighted by atomic mass is 16.2. The molecule has 2 amide bonds. The lowest BCUT2D eigenvalue weighted by Gasteiger charge is -2.20. The Morgan fingerprint density at radius 2 is 1.37 bits per heavy atom. The second-order valence-corrected chi connectivity index (χ2v) is 10.7. The Labute approximate surface area is 237 Å². The second kappa shape index (κ2) is 9.04. The van der Waals surface area contributed by atoms with E-state index in [9.17, 15) is 14.9 Å². The van der Waals surface area contributed by atoms with Crippen molar-refractivity contribution in [2.24, 2.45) is 0 Å². The summed E-state index contributed by atoms with van der Waals surface area (Å²) in [6, 6.07) is 33.6. The van der Waals surface area contributed by atoms with E-state index < -0.39 is 0 Å². The molecule has 0 radical (unpaired) electrons. The molecule has 0 spiro atoms. The zero-order chi connectivity index (χ0) is 28.4. The van der Waals surface area contributed by atoms with Crippen molar-refractivity contribution in [1.29, 1.82) is 5.26 Å². The molecule has 1 aliphatic rings. The van der Waals surface area contributed by atoms with E-state index in [1.54, 1.807) is 12.1 Å². The number of nitriles is 1. The van der Waals surface area contributed by atoms with Crippen LogP contribution < -0.4 is 4.90 Å². The number of rotatable bonds is 3. The summed E-state index contributed by atoms with van der Waals surface area (Å²) in [6.45, 7) is 5.89. The molecule has 196 valence electrons. The van der Waals surface area contributed by atoms with Crippen molar-refractivity contribution < 1.29 is 9.59 Å². The second-order valence-electron chi connectivity index (χ2n) is 10.7. The topological polar surface area (TPSA) is 66.1 Å². The number of amides is 2. The van der Waals surface area contributed by atoms with E-state index >= 15 is 0 Å². The molecule has 2 heterocycles. The maximum Gasteiger partial charge on any atom is 0.268 e. The van der Waals surface area contributed by atoms with Crippen LogP contribution in [-0.4, -0.2) is 16.4 Å². The highest BCUT2D eigenvalue weighted by molar-refractivity contribution is 6.36. The van der Waals surface area contributed by atoms with Gasteiger partial charge in [0, 0.05) is 10.8 Å². The fourth-order valence-corrected chi connectivity index (χ4v) is 6.36. The lowest BCUT2D eigenvalue weighted by molar-refractivity contribution is 0.0925. The molecular weight excluding hydrogens is 506 g/mol. The largest absolute Gasteiger partial charge is 0.308 e. The van der Waals surface area contributed by atoms with Gasteiger partial charge in [-0.15, -0.1) is 0 Å². The van der Waals surface area contributed by atoms with E-state index in [0.29, 0.717) is 28.1 Å². The van der Waals surface area contributed by atoms with Crippen molar-refractivity contribution in [3.63, 3.8) is 0 Å². The van der Waals surface area contributed by atoms with Gasteiger partial charge < -0.3 is 4.57 Å². The quantitative estimate of drug-likeness (QED) is 0.217. The smallest absolute Gasteiger partial charge is 0.268 e. The first-order valence-corrected chi connectivity index (χ1v) is 13.5. The summed E-state index contributed by atoms with van der Waals surface area (Å²) in [5.41, 5.74) is 9.32. The summed E-state index contributed by atoms with van der Waals surface area (Å²) >= 11 is 0. The highest BCUT2D eigenvalue weighted by Gasteiger charge is 2.40. The van der Waals surface area contributed by atoms with Crippen molar-refractivity contribution in [2.75, 3.05) is 4.90 Å². The number of hydrogen-bond donors (Lipinski definition) is 0. The van der Waals surface area contributed by atoms with Gasteiger partial charge in [0.1, 0.15) is 0 Å². The molecule has 0 saturated heterocycles. The summed E-state index contributed by atoms with van der Waals surface area (Å²) in [4.78, 5) is 29.4. The minimum atomic E-state index is -0.320. The summed E-state index contributed by atoms with van der Waals surface area (Å²) in [5, 5.41) is 11.5. The molecule has 0 unspecified atom stereocenters. The predicted octanol–water partition coefficient (Wildman–Crippen LogP) is 8.05. The number of hydrogen-bond acceptors (Lipinski definition) is 3. The summed E-state index contributed by atoms with van der Waals surface area (Å²) in [7, 11) is 0. The third-order valence-corrected chi connectivity index (χ3v) is 7.99. The average Bonchev–Trinajstić information content (AvgIpc) is 3.44. The Morgan fingerprint density at radius 3 is 2.15 bits per heavy atom. The average molecular weight is 532 g/mol. The number of aromatic nitrogens is 1. The molecular formula is C36H25N3O2. The Bertz CT molecular complexity index is 2120. The molecule has 0 atom stereocenters. The first-order valence-electron chi connectivity index (χ1n) is 13.5. The molecule has 0 bridgehead atoms. The predicted molar refractivity (Wildman–Crippen MR) is 163 cm³/mol. The molecule has 0 fully saturated rings. The zero-order valence-electron chi connectivity index (χ0n) is 22.9. The SMILES string of the molecule is Cc1cc(C)c(N2C(=O)c3cccc(-n4c5ccccc5c5ccc(-c6cccc(C#N)c6)cc54)c3C2=O)c(C)c1. The van der Waals surface area contributed by atoms with Crippen molar-refractivity contribution in [3.05, 3.63) is 130 Å². The number of anilines is 1. The molecule has 1 aromatic heterocycles. The number of carbonyl (C=O) groups is 2. The molecule has 5 aromatic carbocycles. The lowest BCUT2D eigenvalue weighted by Crippen LogP contribution is -2.31. The van der Waals surface area contributed by atoms with Crippen LogP contribution in [0.1, 0.15) is 43.0 Å². The molecule has 0 aliphatic carbocycles. The van der Waals surface area contributed by atoms with Crippen LogP contribution in [0.3, 0.4) is 0 Å². The number of nitrogens with zero attached hydrogens (tertiary/aromatic N) is 3. The molecule has 7 rings (SSSR count). The van der Waals surface area contributed by atoms with E-state index in [0.717, 1.165) is 49.6 Å². The minimum Gasteiger partial charge on any atom is -0.308 e. The van der Waals surface area contributed by atoms with E-state index in [1.807, 2.05) is 81.4 Å². The number of imide groups is 1. The van der Waals surface area contributed by atoms with Crippen LogP contribution >= 0.6 is 0 Å². The van der Waals surface area contributed by atoms with Crippen molar-refractivity contribution in [3.8, 4) is 22.9 Å². The number of para-hydroxylation sites is 1. The fraction of sp³-hybridized carbons (Fsp3) is 0.0833. The van der Waals surface area contributed by atoms with Gasteiger partial charge in [-0.2, -0.15) is 5.26 Å². The van der Waals surface area contributed by atoms with E-state index in [2.05, 4.69) is 34.9 Å². The molecule has 5 nitrogen and oxygen atoms in total. The molecule has 41 heavy (non-hydrogen) atoms. The van der Waals surface area contributed by atoms with Gasteiger partial charge in [0.25, 0.3) is 11.8 Å². The van der Waals surface area contributed by atoms with Gasteiger partial charge in [-0.3, -0.25) is 9.59 Å². The number of aryl methyl sites for hydroxylation is 3. The van der Waals surface area contributed by atoms with Gasteiger partial charge >= 0.3 is 0 Å². The van der Waals surface area contributed by atoms with Crippen molar-refractivity contribution >= 4 is 39.3 Å². The first-order chi connectivity index (χ1) is 19.9. The van der Waals surface area contributed by atoms with Crippen LogP contribution in [-0.2, 0) is 0 Å². The Kier molecular flexibility index (Phi) is 5.42. The Balaban J connectivity index is 1.49. The lowest BCUT2D eigenvalue weighted by atomic mass is 10.0. The van der Waals surface area contributed by atoms with E-state index in [-0.39, 0.29) is 11.8 Å². The van der Waals surface area contributed by atoms with Crippen molar-refractivity contribution in [1.82, 2.24) is 4.57 Å². The summed E-state index contributed by atoms with van der Waals surface area (Å²) in [5.74, 6) is -0.629. The zero-order valence-corrected chi connectivity index (χ0v) is 22.9. The number of fused-ring (bicyclic) bond motifs is 4. The minimum absolute atomic E-state index is 0.309. The van der Waals surface area contributed by atoms with Gasteiger partial charge in [-0.05, 0) is 79.4 Å². The highest BCUT2D eigenvalue weighted by Crippen LogP contribution is 2.40. The van der Waals surface area contributed by atoms with Crippen LogP contribution in [0.4, 0.5) is 5.69 Å². The third-order valence-electron chi connectivity index (χ3n) is 7.99. The van der Waals surface area contributed by atoms with Gasteiger partial charge in [0.2, 0.25) is 0 Å². The van der Waals surface area contributed by atoms with E-state index in [1.165, 1.54) is 4.90 Å². The molecule has 0 N–H and O–H groups in total. The summed E-state index contributed by atoms with van der Waals surface area (Å²) < 4.78 is 2.09. The normalized spacial score (nSPS) is 12.8. The van der Waals surface area contributed by atoms with Crippen LogP contribution in [0.5, 0.6) is 0 Å². The van der Waals surface area contributed by atoms with Gasteiger partial charge in [0.05, 0.1) is 45.2 Å². The molecule has 5 heteroatoms. The number of benzene rings is 5. The first kappa shape index (κ1) is 24.6. The Hall–Kier alpha value is -5.47. The van der Waals surface area contributed by atoms with Crippen LogP contribution in [0.25, 0.3) is 38.6 Å². The van der Waals surface area contributed by atoms with Crippen LogP contribution in [0.2, 0.25) is 0 Å².